The summed E-state index contributed by atoms with van der Waals surface area (Å²) in [4.78, 5) is 29.0. The van der Waals surface area contributed by atoms with Crippen LogP contribution in [0.25, 0.3) is 10.9 Å². The third kappa shape index (κ3) is 3.00. The minimum atomic E-state index is -0.595. The van der Waals surface area contributed by atoms with Crippen molar-refractivity contribution < 1.29 is 15.0 Å². The van der Waals surface area contributed by atoms with Gasteiger partial charge in [-0.15, -0.1) is 0 Å². The molecule has 1 fully saturated rings. The van der Waals surface area contributed by atoms with Crippen LogP contribution >= 0.6 is 0 Å². The number of likely N-dealkylation sites (tertiary alicyclic amines) is 1. The van der Waals surface area contributed by atoms with Crippen molar-refractivity contribution in [1.29, 1.82) is 0 Å². The van der Waals surface area contributed by atoms with Crippen LogP contribution < -0.4 is 5.56 Å². The molecule has 0 radical (unpaired) electrons. The summed E-state index contributed by atoms with van der Waals surface area (Å²) in [7, 11) is 0. The average molecular weight is 316 g/mol. The first-order valence-electron chi connectivity index (χ1n) is 7.71. The van der Waals surface area contributed by atoms with Crippen molar-refractivity contribution >= 4 is 16.8 Å². The number of aliphatic hydroxyl groups excluding tert-OH is 2. The number of piperidine rings is 1. The number of fused-ring (bicyclic) bond motifs is 1. The topological polar surface area (TPSA) is 93.6 Å². The molecule has 1 aromatic heterocycles. The smallest absolute Gasteiger partial charge is 0.254 e. The largest absolute Gasteiger partial charge is 0.396 e. The first-order chi connectivity index (χ1) is 11.0. The predicted octanol–water partition coefficient (Wildman–Crippen LogP) is 0.652. The van der Waals surface area contributed by atoms with E-state index in [0.717, 1.165) is 5.56 Å². The fourth-order valence-corrected chi connectivity index (χ4v) is 3.10. The average Bonchev–Trinajstić information content (AvgIpc) is 2.54. The van der Waals surface area contributed by atoms with Crippen molar-refractivity contribution in [1.82, 2.24) is 9.88 Å². The number of hydrogen-bond acceptors (Lipinski definition) is 4. The van der Waals surface area contributed by atoms with E-state index in [9.17, 15) is 19.8 Å². The summed E-state index contributed by atoms with van der Waals surface area (Å²) < 4.78 is 0. The van der Waals surface area contributed by atoms with Crippen LogP contribution in [0.1, 0.15) is 22.3 Å². The zero-order valence-electron chi connectivity index (χ0n) is 13.0. The zero-order chi connectivity index (χ0) is 16.6. The summed E-state index contributed by atoms with van der Waals surface area (Å²) >= 11 is 0. The number of aromatic amines is 1. The molecular weight excluding hydrogens is 296 g/mol. The Hall–Kier alpha value is -2.18. The molecule has 2 aromatic rings. The molecule has 0 spiro atoms. The van der Waals surface area contributed by atoms with E-state index in [1.54, 1.807) is 11.0 Å². The number of nitrogens with one attached hydrogen (secondary N) is 1. The number of hydrogen-bond donors (Lipinski definition) is 3. The number of aliphatic hydroxyl groups is 2. The Morgan fingerprint density at radius 3 is 2.91 bits per heavy atom. The van der Waals surface area contributed by atoms with E-state index >= 15 is 0 Å². The fraction of sp³-hybridized carbons (Fsp3) is 0.412. The van der Waals surface area contributed by atoms with Gasteiger partial charge in [0.15, 0.2) is 0 Å². The van der Waals surface area contributed by atoms with Gasteiger partial charge in [0, 0.05) is 36.0 Å². The van der Waals surface area contributed by atoms with E-state index in [-0.39, 0.29) is 30.5 Å². The molecule has 3 rings (SSSR count). The lowest BCUT2D eigenvalue weighted by molar-refractivity contribution is 0.00351. The van der Waals surface area contributed by atoms with E-state index in [0.29, 0.717) is 29.4 Å². The molecule has 0 unspecified atom stereocenters. The van der Waals surface area contributed by atoms with Gasteiger partial charge in [0.25, 0.3) is 5.91 Å². The number of aryl methyl sites for hydroxylation is 1. The molecule has 6 heteroatoms. The van der Waals surface area contributed by atoms with Gasteiger partial charge in [-0.25, -0.2) is 0 Å². The highest BCUT2D eigenvalue weighted by atomic mass is 16.3. The Labute approximate surface area is 133 Å². The Kier molecular flexibility index (Phi) is 4.19. The molecule has 6 nitrogen and oxygen atoms in total. The molecule has 0 aliphatic carbocycles. The molecular formula is C17H20N2O4. The van der Waals surface area contributed by atoms with Crippen LogP contribution in [0.3, 0.4) is 0 Å². The molecule has 0 bridgehead atoms. The van der Waals surface area contributed by atoms with Crippen molar-refractivity contribution in [3.8, 4) is 0 Å². The standard InChI is InChI=1S/C17H20N2O4/c1-10-2-3-14-12(6-10)13(7-16(22)18-14)17(23)19-5-4-15(21)11(8-19)9-20/h2-3,6-7,11,15,20-21H,4-5,8-9H2,1H3,(H,18,22)/t11-,15-/m1/s1. The van der Waals surface area contributed by atoms with Gasteiger partial charge in [0.05, 0.1) is 18.3 Å². The first-order valence-corrected chi connectivity index (χ1v) is 7.71. The molecule has 1 saturated heterocycles. The molecule has 2 atom stereocenters. The van der Waals surface area contributed by atoms with Crippen molar-refractivity contribution in [3.63, 3.8) is 0 Å². The van der Waals surface area contributed by atoms with Crippen LogP contribution in [0.15, 0.2) is 29.1 Å². The maximum absolute atomic E-state index is 12.9. The third-order valence-electron chi connectivity index (χ3n) is 4.44. The molecule has 0 saturated carbocycles. The lowest BCUT2D eigenvalue weighted by atomic mass is 9.94. The lowest BCUT2D eigenvalue weighted by Crippen LogP contribution is -2.47. The Balaban J connectivity index is 2.01. The number of amides is 1. The second-order valence-corrected chi connectivity index (χ2v) is 6.15. The van der Waals surface area contributed by atoms with E-state index in [1.165, 1.54) is 6.07 Å². The first kappa shape index (κ1) is 15.7. The van der Waals surface area contributed by atoms with Crippen LogP contribution in [-0.2, 0) is 0 Å². The minimum Gasteiger partial charge on any atom is -0.396 e. The molecule has 1 aliphatic rings. The monoisotopic (exact) mass is 316 g/mol. The number of carbonyl (C=O) groups excluding carboxylic acids is 1. The SMILES string of the molecule is Cc1ccc2[nH]c(=O)cc(C(=O)N3CC[C@@H](O)[C@@H](CO)C3)c2c1. The predicted molar refractivity (Wildman–Crippen MR) is 86.4 cm³/mol. The van der Waals surface area contributed by atoms with Gasteiger partial charge in [0.2, 0.25) is 5.56 Å². The number of H-pyrrole nitrogens is 1. The summed E-state index contributed by atoms with van der Waals surface area (Å²) in [6, 6.07) is 6.87. The maximum Gasteiger partial charge on any atom is 0.254 e. The van der Waals surface area contributed by atoms with E-state index in [2.05, 4.69) is 4.98 Å². The van der Waals surface area contributed by atoms with Gasteiger partial charge in [-0.3, -0.25) is 9.59 Å². The van der Waals surface area contributed by atoms with Crippen molar-refractivity contribution in [3.05, 3.63) is 45.7 Å². The number of benzene rings is 1. The second-order valence-electron chi connectivity index (χ2n) is 6.15. The third-order valence-corrected chi connectivity index (χ3v) is 4.44. The highest BCUT2D eigenvalue weighted by Gasteiger charge is 2.30. The summed E-state index contributed by atoms with van der Waals surface area (Å²) in [6.45, 7) is 2.46. The Morgan fingerprint density at radius 1 is 1.39 bits per heavy atom. The molecule has 3 N–H and O–H groups in total. The van der Waals surface area contributed by atoms with Crippen molar-refractivity contribution in [2.45, 2.75) is 19.4 Å². The molecule has 23 heavy (non-hydrogen) atoms. The van der Waals surface area contributed by atoms with E-state index < -0.39 is 6.10 Å². The minimum absolute atomic E-state index is 0.166. The highest BCUT2D eigenvalue weighted by molar-refractivity contribution is 6.06. The number of nitrogens with zero attached hydrogens (tertiary/aromatic N) is 1. The normalized spacial score (nSPS) is 21.6. The molecule has 1 amide bonds. The molecule has 1 aromatic carbocycles. The van der Waals surface area contributed by atoms with Crippen molar-refractivity contribution in [2.24, 2.45) is 5.92 Å². The zero-order valence-corrected chi connectivity index (χ0v) is 13.0. The summed E-state index contributed by atoms with van der Waals surface area (Å²) in [5, 5.41) is 19.9. The van der Waals surface area contributed by atoms with Gasteiger partial charge in [-0.1, -0.05) is 11.6 Å². The lowest BCUT2D eigenvalue weighted by Gasteiger charge is -2.35. The van der Waals surface area contributed by atoms with Gasteiger partial charge in [-0.2, -0.15) is 0 Å². The van der Waals surface area contributed by atoms with Crippen LogP contribution in [0.5, 0.6) is 0 Å². The number of aromatic nitrogens is 1. The number of carbonyl (C=O) groups is 1. The van der Waals surface area contributed by atoms with Crippen LogP contribution in [0, 0.1) is 12.8 Å². The summed E-state index contributed by atoms with van der Waals surface area (Å²) in [5.41, 5.74) is 1.67. The molecule has 2 heterocycles. The number of pyridine rings is 1. The van der Waals surface area contributed by atoms with Crippen LogP contribution in [0.4, 0.5) is 0 Å². The van der Waals surface area contributed by atoms with Crippen molar-refractivity contribution in [2.75, 3.05) is 19.7 Å². The molecule has 1 aliphatic heterocycles. The number of rotatable bonds is 2. The maximum atomic E-state index is 12.9. The molecule has 122 valence electrons. The summed E-state index contributed by atoms with van der Waals surface area (Å²) in [5.74, 6) is -0.584. The Morgan fingerprint density at radius 2 is 2.17 bits per heavy atom. The van der Waals surface area contributed by atoms with Gasteiger partial charge in [0.1, 0.15) is 0 Å². The van der Waals surface area contributed by atoms with Gasteiger partial charge in [-0.05, 0) is 25.5 Å². The Bertz CT molecular complexity index is 799. The van der Waals surface area contributed by atoms with Gasteiger partial charge < -0.3 is 20.1 Å². The fourth-order valence-electron chi connectivity index (χ4n) is 3.10. The van der Waals surface area contributed by atoms with Crippen LogP contribution in [0.2, 0.25) is 0 Å². The summed E-state index contributed by atoms with van der Waals surface area (Å²) in [6.07, 6.45) is -0.167. The van der Waals surface area contributed by atoms with Gasteiger partial charge >= 0.3 is 0 Å². The second kappa shape index (κ2) is 6.14. The highest BCUT2D eigenvalue weighted by Crippen LogP contribution is 2.22. The quantitative estimate of drug-likeness (QED) is 0.758. The van der Waals surface area contributed by atoms with Crippen LogP contribution in [-0.4, -0.2) is 51.8 Å². The van der Waals surface area contributed by atoms with E-state index in [1.807, 2.05) is 19.1 Å². The van der Waals surface area contributed by atoms with E-state index in [4.69, 9.17) is 0 Å².